The summed E-state index contributed by atoms with van der Waals surface area (Å²) in [6, 6.07) is 7.22. The van der Waals surface area contributed by atoms with Crippen molar-refractivity contribution < 1.29 is 14.3 Å². The van der Waals surface area contributed by atoms with E-state index in [0.29, 0.717) is 6.54 Å². The number of anilines is 2. The van der Waals surface area contributed by atoms with Crippen molar-refractivity contribution in [3.8, 4) is 0 Å². The number of hydrogen-bond donors (Lipinski definition) is 1. The lowest BCUT2D eigenvalue weighted by atomic mass is 9.88. The predicted molar refractivity (Wildman–Crippen MR) is 90.6 cm³/mol. The molecule has 0 radical (unpaired) electrons. The maximum atomic E-state index is 12.1. The van der Waals surface area contributed by atoms with E-state index in [9.17, 15) is 9.59 Å². The van der Waals surface area contributed by atoms with Gasteiger partial charge < -0.3 is 15.0 Å². The zero-order valence-corrected chi connectivity index (χ0v) is 14.3. The SMILES string of the molecule is CC(=O)N(C)c1ccc(NC(=O)CN(C)CC2(C)COC2)cc1. The number of benzene rings is 1. The van der Waals surface area contributed by atoms with Crippen LogP contribution in [0, 0.1) is 5.41 Å². The molecule has 1 N–H and O–H groups in total. The standard InChI is InChI=1S/C17H25N3O3/c1-13(21)20(4)15-7-5-14(6-8-15)18-16(22)9-19(3)10-17(2)11-23-12-17/h5-8H,9-12H2,1-4H3,(H,18,22). The Bertz CT molecular complexity index is 567. The maximum Gasteiger partial charge on any atom is 0.238 e. The highest BCUT2D eigenvalue weighted by Crippen LogP contribution is 2.27. The van der Waals surface area contributed by atoms with E-state index in [0.717, 1.165) is 31.1 Å². The van der Waals surface area contributed by atoms with Crippen LogP contribution in [0.1, 0.15) is 13.8 Å². The van der Waals surface area contributed by atoms with Crippen LogP contribution in [0.25, 0.3) is 0 Å². The zero-order valence-electron chi connectivity index (χ0n) is 14.3. The lowest BCUT2D eigenvalue weighted by Gasteiger charge is -2.40. The number of carbonyl (C=O) groups excluding carboxylic acids is 2. The highest BCUT2D eigenvalue weighted by atomic mass is 16.5. The molecule has 2 amide bonds. The van der Waals surface area contributed by atoms with E-state index in [-0.39, 0.29) is 17.2 Å². The van der Waals surface area contributed by atoms with Gasteiger partial charge in [0.1, 0.15) is 0 Å². The van der Waals surface area contributed by atoms with Gasteiger partial charge in [0, 0.05) is 37.3 Å². The summed E-state index contributed by atoms with van der Waals surface area (Å²) in [7, 11) is 3.66. The van der Waals surface area contributed by atoms with Gasteiger partial charge in [-0.25, -0.2) is 0 Å². The van der Waals surface area contributed by atoms with Gasteiger partial charge in [0.25, 0.3) is 0 Å². The molecule has 23 heavy (non-hydrogen) atoms. The summed E-state index contributed by atoms with van der Waals surface area (Å²) < 4.78 is 5.23. The number of ether oxygens (including phenoxy) is 1. The van der Waals surface area contributed by atoms with Crippen LogP contribution in [-0.2, 0) is 14.3 Å². The van der Waals surface area contributed by atoms with Crippen molar-refractivity contribution >= 4 is 23.2 Å². The molecule has 1 fully saturated rings. The lowest BCUT2D eigenvalue weighted by molar-refractivity contribution is -0.124. The highest BCUT2D eigenvalue weighted by Gasteiger charge is 2.34. The van der Waals surface area contributed by atoms with E-state index >= 15 is 0 Å². The van der Waals surface area contributed by atoms with Crippen LogP contribution < -0.4 is 10.2 Å². The van der Waals surface area contributed by atoms with Crippen molar-refractivity contribution in [1.29, 1.82) is 0 Å². The molecule has 0 aliphatic carbocycles. The number of hydrogen-bond acceptors (Lipinski definition) is 4. The van der Waals surface area contributed by atoms with E-state index < -0.39 is 0 Å². The Balaban J connectivity index is 1.84. The minimum atomic E-state index is -0.0518. The van der Waals surface area contributed by atoms with Crippen molar-refractivity contribution in [3.05, 3.63) is 24.3 Å². The Labute approximate surface area is 137 Å². The lowest BCUT2D eigenvalue weighted by Crippen LogP contribution is -2.49. The molecular formula is C17H25N3O3. The first-order valence-corrected chi connectivity index (χ1v) is 7.70. The largest absolute Gasteiger partial charge is 0.380 e. The molecule has 1 aliphatic heterocycles. The third kappa shape index (κ3) is 4.77. The Morgan fingerprint density at radius 2 is 1.83 bits per heavy atom. The third-order valence-corrected chi connectivity index (χ3v) is 3.98. The molecule has 0 spiro atoms. The van der Waals surface area contributed by atoms with Crippen molar-refractivity contribution in [2.75, 3.05) is 50.6 Å². The summed E-state index contributed by atoms with van der Waals surface area (Å²) in [4.78, 5) is 27.0. The summed E-state index contributed by atoms with van der Waals surface area (Å²) in [5.74, 6) is -0.0825. The first-order chi connectivity index (χ1) is 10.8. The van der Waals surface area contributed by atoms with Crippen LogP contribution in [0.3, 0.4) is 0 Å². The van der Waals surface area contributed by atoms with E-state index in [4.69, 9.17) is 4.74 Å². The molecule has 6 heteroatoms. The fourth-order valence-corrected chi connectivity index (χ4v) is 2.65. The predicted octanol–water partition coefficient (Wildman–Crippen LogP) is 1.58. The highest BCUT2D eigenvalue weighted by molar-refractivity contribution is 5.93. The van der Waals surface area contributed by atoms with Crippen LogP contribution >= 0.6 is 0 Å². The van der Waals surface area contributed by atoms with E-state index in [1.807, 2.05) is 24.1 Å². The quantitative estimate of drug-likeness (QED) is 0.865. The Hall–Kier alpha value is -1.92. The summed E-state index contributed by atoms with van der Waals surface area (Å²) in [5, 5.41) is 2.87. The fourth-order valence-electron chi connectivity index (χ4n) is 2.65. The normalized spacial score (nSPS) is 15.9. The van der Waals surface area contributed by atoms with Crippen molar-refractivity contribution in [2.24, 2.45) is 5.41 Å². The molecule has 1 saturated heterocycles. The minimum absolute atomic E-state index is 0.0307. The summed E-state index contributed by atoms with van der Waals surface area (Å²) in [6.07, 6.45) is 0. The monoisotopic (exact) mass is 319 g/mol. The molecule has 1 aromatic carbocycles. The summed E-state index contributed by atoms with van der Waals surface area (Å²) in [6.45, 7) is 6.36. The summed E-state index contributed by atoms with van der Waals surface area (Å²) in [5.41, 5.74) is 1.68. The average molecular weight is 319 g/mol. The second kappa shape index (κ2) is 7.10. The molecular weight excluding hydrogens is 294 g/mol. The van der Waals surface area contributed by atoms with E-state index in [1.165, 1.54) is 6.92 Å². The molecule has 0 atom stereocenters. The van der Waals surface area contributed by atoms with Gasteiger partial charge in [-0.05, 0) is 31.3 Å². The third-order valence-electron chi connectivity index (χ3n) is 3.98. The van der Waals surface area contributed by atoms with Gasteiger partial charge in [-0.2, -0.15) is 0 Å². The Morgan fingerprint density at radius 1 is 1.22 bits per heavy atom. The number of carbonyl (C=O) groups is 2. The van der Waals surface area contributed by atoms with Gasteiger partial charge >= 0.3 is 0 Å². The molecule has 0 unspecified atom stereocenters. The summed E-state index contributed by atoms with van der Waals surface area (Å²) >= 11 is 0. The van der Waals surface area contributed by atoms with E-state index in [1.54, 1.807) is 24.1 Å². The Kier molecular flexibility index (Phi) is 5.38. The van der Waals surface area contributed by atoms with Crippen LogP contribution in [0.15, 0.2) is 24.3 Å². The molecule has 1 heterocycles. The number of rotatable bonds is 6. The molecule has 0 bridgehead atoms. The van der Waals surface area contributed by atoms with Crippen molar-refractivity contribution in [1.82, 2.24) is 4.90 Å². The number of amides is 2. The zero-order chi connectivity index (χ0) is 17.0. The second-order valence-corrected chi connectivity index (χ2v) is 6.65. The van der Waals surface area contributed by atoms with Crippen LogP contribution in [-0.4, -0.2) is 57.1 Å². The Morgan fingerprint density at radius 3 is 2.30 bits per heavy atom. The molecule has 0 aromatic heterocycles. The number of likely N-dealkylation sites (N-methyl/N-ethyl adjacent to an activating group) is 1. The number of nitrogens with one attached hydrogen (secondary N) is 1. The molecule has 126 valence electrons. The van der Waals surface area contributed by atoms with Crippen LogP contribution in [0.2, 0.25) is 0 Å². The average Bonchev–Trinajstić information content (AvgIpc) is 2.45. The molecule has 2 rings (SSSR count). The van der Waals surface area contributed by atoms with Gasteiger partial charge in [-0.15, -0.1) is 0 Å². The fraction of sp³-hybridized carbons (Fsp3) is 0.529. The number of nitrogens with zero attached hydrogens (tertiary/aromatic N) is 2. The first kappa shape index (κ1) is 17.4. The minimum Gasteiger partial charge on any atom is -0.380 e. The van der Waals surface area contributed by atoms with Gasteiger partial charge in [0.15, 0.2) is 0 Å². The van der Waals surface area contributed by atoms with Gasteiger partial charge in [0.05, 0.1) is 19.8 Å². The van der Waals surface area contributed by atoms with Crippen molar-refractivity contribution in [3.63, 3.8) is 0 Å². The smallest absolute Gasteiger partial charge is 0.238 e. The molecule has 0 saturated carbocycles. The molecule has 1 aliphatic rings. The van der Waals surface area contributed by atoms with Crippen molar-refractivity contribution in [2.45, 2.75) is 13.8 Å². The second-order valence-electron chi connectivity index (χ2n) is 6.65. The van der Waals surface area contributed by atoms with E-state index in [2.05, 4.69) is 12.2 Å². The maximum absolute atomic E-state index is 12.1. The molecule has 6 nitrogen and oxygen atoms in total. The van der Waals surface area contributed by atoms with Crippen LogP contribution in [0.4, 0.5) is 11.4 Å². The first-order valence-electron chi connectivity index (χ1n) is 7.70. The topological polar surface area (TPSA) is 61.9 Å². The van der Waals surface area contributed by atoms with Gasteiger partial charge in [0.2, 0.25) is 11.8 Å². The van der Waals surface area contributed by atoms with Crippen LogP contribution in [0.5, 0.6) is 0 Å². The van der Waals surface area contributed by atoms with Gasteiger partial charge in [-0.1, -0.05) is 6.92 Å². The molecule has 1 aromatic rings. The van der Waals surface area contributed by atoms with Gasteiger partial charge in [-0.3, -0.25) is 14.5 Å².